The maximum atomic E-state index is 9.46. The maximum absolute atomic E-state index is 9.46. The zero-order chi connectivity index (χ0) is 21.0. The highest BCUT2D eigenvalue weighted by molar-refractivity contribution is 5.85. The summed E-state index contributed by atoms with van der Waals surface area (Å²) >= 11 is 0. The fourth-order valence-electron chi connectivity index (χ4n) is 3.55. The van der Waals surface area contributed by atoms with E-state index < -0.39 is 0 Å². The van der Waals surface area contributed by atoms with Crippen LogP contribution in [0.2, 0.25) is 0 Å². The first-order valence-corrected chi connectivity index (χ1v) is 10.5. The van der Waals surface area contributed by atoms with Crippen LogP contribution in [0.25, 0.3) is 22.2 Å². The molecule has 5 nitrogen and oxygen atoms in total. The number of aryl methyl sites for hydroxylation is 1. The Hall–Kier alpha value is -2.08. The molecule has 0 spiro atoms. The Labute approximate surface area is 174 Å². The molecule has 1 aliphatic rings. The highest BCUT2D eigenvalue weighted by Gasteiger charge is 2.24. The topological polar surface area (TPSA) is 64.4 Å². The van der Waals surface area contributed by atoms with Crippen LogP contribution in [0.3, 0.4) is 0 Å². The second kappa shape index (κ2) is 9.16. The molecule has 1 atom stereocenters. The number of H-pyrrole nitrogens is 1. The highest BCUT2D eigenvalue weighted by atomic mass is 16.3. The Morgan fingerprint density at radius 2 is 1.97 bits per heavy atom. The maximum Gasteiger partial charge on any atom is 0.134 e. The molecular formula is C24H35N3O2. The standard InChI is InChI=1S/C19H22N2O2.C5H13N/c1-13-4-7-19(23-13)14-5-6-18-15(9-14)10-16(20-18)11-21-8-2-3-17(21)12-22;1-5(2,3)6-4/h4-7,9-10,17,20,22H,2-3,8,11-12H2,1H3;6H,1-4H3. The summed E-state index contributed by atoms with van der Waals surface area (Å²) in [5, 5.41) is 13.8. The van der Waals surface area contributed by atoms with E-state index in [9.17, 15) is 5.11 Å². The third-order valence-corrected chi connectivity index (χ3v) is 5.53. The molecule has 2 aromatic heterocycles. The zero-order valence-corrected chi connectivity index (χ0v) is 18.4. The van der Waals surface area contributed by atoms with E-state index in [-0.39, 0.29) is 6.61 Å². The predicted octanol–water partition coefficient (Wildman–Crippen LogP) is 4.70. The van der Waals surface area contributed by atoms with Gasteiger partial charge in [0.15, 0.2) is 0 Å². The molecule has 158 valence electrons. The van der Waals surface area contributed by atoms with Crippen molar-refractivity contribution >= 4 is 10.9 Å². The molecule has 1 saturated heterocycles. The number of aromatic amines is 1. The molecule has 5 heteroatoms. The first-order chi connectivity index (χ1) is 13.8. The number of hydrogen-bond acceptors (Lipinski definition) is 4. The molecule has 0 saturated carbocycles. The SMILES string of the molecule is CNC(C)(C)C.Cc1ccc(-c2ccc3[nH]c(CN4CCCC4CO)cc3c2)o1. The molecule has 1 fully saturated rings. The summed E-state index contributed by atoms with van der Waals surface area (Å²) in [5.74, 6) is 1.84. The Morgan fingerprint density at radius 1 is 1.21 bits per heavy atom. The van der Waals surface area contributed by atoms with Gasteiger partial charge < -0.3 is 19.8 Å². The van der Waals surface area contributed by atoms with Gasteiger partial charge in [-0.05, 0) is 90.5 Å². The van der Waals surface area contributed by atoms with Crippen LogP contribution in [0.4, 0.5) is 0 Å². The van der Waals surface area contributed by atoms with Crippen molar-refractivity contribution in [1.29, 1.82) is 0 Å². The minimum atomic E-state index is 0.252. The van der Waals surface area contributed by atoms with Crippen LogP contribution in [0.15, 0.2) is 40.8 Å². The number of hydrogen-bond donors (Lipinski definition) is 3. The van der Waals surface area contributed by atoms with Gasteiger partial charge in [-0.3, -0.25) is 4.90 Å². The summed E-state index contributed by atoms with van der Waals surface area (Å²) in [6.07, 6.45) is 2.27. The van der Waals surface area contributed by atoms with Crippen LogP contribution in [-0.4, -0.2) is 46.8 Å². The Kier molecular flexibility index (Phi) is 6.83. The molecule has 0 aliphatic carbocycles. The second-order valence-corrected chi connectivity index (χ2v) is 8.96. The molecule has 3 N–H and O–H groups in total. The largest absolute Gasteiger partial charge is 0.461 e. The summed E-state index contributed by atoms with van der Waals surface area (Å²) in [7, 11) is 1.96. The number of aromatic nitrogens is 1. The summed E-state index contributed by atoms with van der Waals surface area (Å²) in [5.41, 5.74) is 3.74. The van der Waals surface area contributed by atoms with Crippen molar-refractivity contribution in [2.75, 3.05) is 20.2 Å². The highest BCUT2D eigenvalue weighted by Crippen LogP contribution is 2.27. The lowest BCUT2D eigenvalue weighted by molar-refractivity contribution is 0.152. The zero-order valence-electron chi connectivity index (χ0n) is 18.4. The van der Waals surface area contributed by atoms with Crippen molar-refractivity contribution in [3.63, 3.8) is 0 Å². The average Bonchev–Trinajstić information content (AvgIpc) is 3.40. The van der Waals surface area contributed by atoms with Crippen molar-refractivity contribution in [2.45, 2.75) is 58.7 Å². The number of benzene rings is 1. The molecule has 0 radical (unpaired) electrons. The number of rotatable bonds is 4. The van der Waals surface area contributed by atoms with Gasteiger partial charge in [-0.15, -0.1) is 0 Å². The summed E-state index contributed by atoms with van der Waals surface area (Å²) < 4.78 is 5.72. The molecule has 0 amide bonds. The van der Waals surface area contributed by atoms with E-state index in [2.05, 4.69) is 60.2 Å². The third-order valence-electron chi connectivity index (χ3n) is 5.53. The monoisotopic (exact) mass is 397 g/mol. The normalized spacial score (nSPS) is 17.5. The van der Waals surface area contributed by atoms with Gasteiger partial charge in [0.05, 0.1) is 6.61 Å². The van der Waals surface area contributed by atoms with Crippen LogP contribution in [0, 0.1) is 6.92 Å². The van der Waals surface area contributed by atoms with E-state index >= 15 is 0 Å². The van der Waals surface area contributed by atoms with E-state index in [1.165, 1.54) is 17.5 Å². The van der Waals surface area contributed by atoms with Gasteiger partial charge in [-0.25, -0.2) is 0 Å². The van der Waals surface area contributed by atoms with E-state index in [4.69, 9.17) is 4.42 Å². The van der Waals surface area contributed by atoms with Gasteiger partial charge in [0, 0.05) is 40.3 Å². The summed E-state index contributed by atoms with van der Waals surface area (Å²) in [6, 6.07) is 12.9. The number of nitrogens with zero attached hydrogens (tertiary/aromatic N) is 1. The lowest BCUT2D eigenvalue weighted by Gasteiger charge is -2.21. The van der Waals surface area contributed by atoms with Crippen molar-refractivity contribution < 1.29 is 9.52 Å². The number of aliphatic hydroxyl groups excluding tert-OH is 1. The predicted molar refractivity (Wildman–Crippen MR) is 120 cm³/mol. The van der Waals surface area contributed by atoms with E-state index in [0.717, 1.165) is 42.1 Å². The summed E-state index contributed by atoms with van der Waals surface area (Å²) in [4.78, 5) is 5.86. The number of nitrogens with one attached hydrogen (secondary N) is 2. The van der Waals surface area contributed by atoms with Gasteiger partial charge in [-0.1, -0.05) is 0 Å². The number of fused-ring (bicyclic) bond motifs is 1. The van der Waals surface area contributed by atoms with Crippen LogP contribution >= 0.6 is 0 Å². The molecule has 1 aliphatic heterocycles. The quantitative estimate of drug-likeness (QED) is 0.597. The lowest BCUT2D eigenvalue weighted by Crippen LogP contribution is -2.31. The van der Waals surface area contributed by atoms with Gasteiger partial charge in [0.1, 0.15) is 11.5 Å². The Balaban J connectivity index is 0.000000353. The first kappa shape index (κ1) is 21.6. The first-order valence-electron chi connectivity index (χ1n) is 10.5. The van der Waals surface area contributed by atoms with Crippen molar-refractivity contribution in [1.82, 2.24) is 15.2 Å². The minimum Gasteiger partial charge on any atom is -0.461 e. The van der Waals surface area contributed by atoms with Crippen molar-refractivity contribution in [3.8, 4) is 11.3 Å². The van der Waals surface area contributed by atoms with E-state index in [1.54, 1.807) is 0 Å². The molecule has 0 bridgehead atoms. The fraction of sp³-hybridized carbons (Fsp3) is 0.500. The third kappa shape index (κ3) is 5.72. The van der Waals surface area contributed by atoms with Crippen LogP contribution in [-0.2, 0) is 6.54 Å². The molecular weight excluding hydrogens is 362 g/mol. The molecule has 3 aromatic rings. The van der Waals surface area contributed by atoms with Gasteiger partial charge in [-0.2, -0.15) is 0 Å². The Bertz CT molecular complexity index is 920. The molecule has 1 aromatic carbocycles. The summed E-state index contributed by atoms with van der Waals surface area (Å²) in [6.45, 7) is 10.5. The lowest BCUT2D eigenvalue weighted by atomic mass is 10.1. The fourth-order valence-corrected chi connectivity index (χ4v) is 3.55. The second-order valence-electron chi connectivity index (χ2n) is 8.96. The Morgan fingerprint density at radius 3 is 2.59 bits per heavy atom. The van der Waals surface area contributed by atoms with Crippen LogP contribution in [0.5, 0.6) is 0 Å². The van der Waals surface area contributed by atoms with E-state index in [1.807, 2.05) is 26.1 Å². The number of likely N-dealkylation sites (tertiary alicyclic amines) is 1. The molecule has 3 heterocycles. The van der Waals surface area contributed by atoms with Gasteiger partial charge >= 0.3 is 0 Å². The van der Waals surface area contributed by atoms with Crippen molar-refractivity contribution in [3.05, 3.63) is 47.9 Å². The molecule has 4 rings (SSSR count). The van der Waals surface area contributed by atoms with E-state index in [0.29, 0.717) is 11.6 Å². The number of furan rings is 1. The van der Waals surface area contributed by atoms with Crippen LogP contribution in [0.1, 0.15) is 45.1 Å². The molecule has 1 unspecified atom stereocenters. The molecule has 29 heavy (non-hydrogen) atoms. The average molecular weight is 398 g/mol. The smallest absolute Gasteiger partial charge is 0.134 e. The van der Waals surface area contributed by atoms with Gasteiger partial charge in [0.2, 0.25) is 0 Å². The number of aliphatic hydroxyl groups is 1. The van der Waals surface area contributed by atoms with Gasteiger partial charge in [0.25, 0.3) is 0 Å². The minimum absolute atomic E-state index is 0.252. The van der Waals surface area contributed by atoms with Crippen molar-refractivity contribution in [2.24, 2.45) is 0 Å². The van der Waals surface area contributed by atoms with Crippen LogP contribution < -0.4 is 5.32 Å².